The summed E-state index contributed by atoms with van der Waals surface area (Å²) in [5.41, 5.74) is 0.305. The number of sulfonamides is 1. The lowest BCUT2D eigenvalue weighted by Gasteiger charge is -2.10. The third-order valence-electron chi connectivity index (χ3n) is 2.50. The fraction of sp³-hybridized carbons (Fsp3) is 0.357. The van der Waals surface area contributed by atoms with Gasteiger partial charge in [-0.2, -0.15) is 0 Å². The molecular weight excluding hydrogens is 276 g/mol. The van der Waals surface area contributed by atoms with Gasteiger partial charge in [0, 0.05) is 18.7 Å². The van der Waals surface area contributed by atoms with E-state index in [1.165, 1.54) is 12.1 Å². The lowest BCUT2D eigenvalue weighted by molar-refractivity contribution is 0.0958. The molecule has 0 aliphatic carbocycles. The second-order valence-electron chi connectivity index (χ2n) is 4.77. The zero-order chi connectivity index (χ0) is 15.2. The largest absolute Gasteiger partial charge is 0.349 e. The van der Waals surface area contributed by atoms with Gasteiger partial charge in [-0.25, -0.2) is 13.1 Å². The standard InChI is InChI=1S/C14H20N2O3S/c1-4-8-15-14(17)12-6-5-7-13(9-12)20(18,19)16-10-11(2)3/h4-7,9,11,16H,1,8,10H2,2-3H3,(H,15,17). The molecule has 0 unspecified atom stereocenters. The predicted octanol–water partition coefficient (Wildman–Crippen LogP) is 1.54. The van der Waals surface area contributed by atoms with Crippen LogP contribution in [0, 0.1) is 5.92 Å². The molecule has 0 radical (unpaired) electrons. The Morgan fingerprint density at radius 1 is 1.40 bits per heavy atom. The number of rotatable bonds is 7. The van der Waals surface area contributed by atoms with Crippen molar-refractivity contribution in [3.8, 4) is 0 Å². The summed E-state index contributed by atoms with van der Waals surface area (Å²) >= 11 is 0. The zero-order valence-corrected chi connectivity index (χ0v) is 12.5. The van der Waals surface area contributed by atoms with Crippen molar-refractivity contribution < 1.29 is 13.2 Å². The average Bonchev–Trinajstić information content (AvgIpc) is 2.43. The Morgan fingerprint density at radius 3 is 2.70 bits per heavy atom. The second kappa shape index (κ2) is 7.21. The van der Waals surface area contributed by atoms with Gasteiger partial charge in [0.25, 0.3) is 5.91 Å². The van der Waals surface area contributed by atoms with E-state index in [0.717, 1.165) is 0 Å². The number of nitrogens with one attached hydrogen (secondary N) is 2. The molecule has 1 rings (SSSR count). The molecular formula is C14H20N2O3S. The van der Waals surface area contributed by atoms with Gasteiger partial charge < -0.3 is 5.32 Å². The molecule has 0 saturated heterocycles. The van der Waals surface area contributed by atoms with Gasteiger partial charge in [0.15, 0.2) is 0 Å². The Kier molecular flexibility index (Phi) is 5.91. The van der Waals surface area contributed by atoms with Gasteiger partial charge in [-0.1, -0.05) is 26.0 Å². The monoisotopic (exact) mass is 296 g/mol. The van der Waals surface area contributed by atoms with Gasteiger partial charge in [0.05, 0.1) is 4.90 Å². The SMILES string of the molecule is C=CCNC(=O)c1cccc(S(=O)(=O)NCC(C)C)c1. The van der Waals surface area contributed by atoms with Crippen molar-refractivity contribution in [2.75, 3.05) is 13.1 Å². The van der Waals surface area contributed by atoms with Gasteiger partial charge in [-0.3, -0.25) is 4.79 Å². The lowest BCUT2D eigenvalue weighted by Crippen LogP contribution is -2.28. The van der Waals surface area contributed by atoms with Gasteiger partial charge in [0.2, 0.25) is 10.0 Å². The molecule has 0 aliphatic heterocycles. The molecule has 0 saturated carbocycles. The summed E-state index contributed by atoms with van der Waals surface area (Å²) < 4.78 is 26.6. The topological polar surface area (TPSA) is 75.3 Å². The molecule has 2 N–H and O–H groups in total. The van der Waals surface area contributed by atoms with Gasteiger partial charge in [0.1, 0.15) is 0 Å². The first kappa shape index (κ1) is 16.4. The predicted molar refractivity (Wildman–Crippen MR) is 79.0 cm³/mol. The lowest BCUT2D eigenvalue weighted by atomic mass is 10.2. The normalized spacial score (nSPS) is 11.3. The molecule has 110 valence electrons. The zero-order valence-electron chi connectivity index (χ0n) is 11.7. The molecule has 5 nitrogen and oxygen atoms in total. The molecule has 1 amide bonds. The number of carbonyl (C=O) groups excluding carboxylic acids is 1. The van der Waals surface area contributed by atoms with Crippen molar-refractivity contribution in [1.82, 2.24) is 10.0 Å². The Hall–Kier alpha value is -1.66. The van der Waals surface area contributed by atoms with E-state index in [1.54, 1.807) is 18.2 Å². The van der Waals surface area contributed by atoms with Crippen molar-refractivity contribution >= 4 is 15.9 Å². The molecule has 1 aromatic rings. The van der Waals surface area contributed by atoms with Crippen LogP contribution in [-0.2, 0) is 10.0 Å². The van der Waals surface area contributed by atoms with E-state index in [1.807, 2.05) is 13.8 Å². The number of hydrogen-bond acceptors (Lipinski definition) is 3. The summed E-state index contributed by atoms with van der Waals surface area (Å²) in [6.07, 6.45) is 1.56. The van der Waals surface area contributed by atoms with E-state index >= 15 is 0 Å². The van der Waals surface area contributed by atoms with Crippen LogP contribution in [0.5, 0.6) is 0 Å². The van der Waals surface area contributed by atoms with Crippen LogP contribution in [0.4, 0.5) is 0 Å². The first-order chi connectivity index (χ1) is 9.36. The quantitative estimate of drug-likeness (QED) is 0.749. The highest BCUT2D eigenvalue weighted by Gasteiger charge is 2.16. The maximum atomic E-state index is 12.1. The molecule has 1 aromatic carbocycles. The molecule has 6 heteroatoms. The molecule has 20 heavy (non-hydrogen) atoms. The van der Waals surface area contributed by atoms with Crippen molar-refractivity contribution in [1.29, 1.82) is 0 Å². The summed E-state index contributed by atoms with van der Waals surface area (Å²) in [5.74, 6) is -0.116. The molecule has 0 aliphatic rings. The van der Waals surface area contributed by atoms with E-state index in [-0.39, 0.29) is 16.7 Å². The number of carbonyl (C=O) groups is 1. The van der Waals surface area contributed by atoms with E-state index in [9.17, 15) is 13.2 Å². The first-order valence-corrected chi connectivity index (χ1v) is 7.84. The Morgan fingerprint density at radius 2 is 2.10 bits per heavy atom. The van der Waals surface area contributed by atoms with Crippen LogP contribution in [0.25, 0.3) is 0 Å². The molecule has 0 aromatic heterocycles. The summed E-state index contributed by atoms with van der Waals surface area (Å²) in [7, 11) is -3.58. The van der Waals surface area contributed by atoms with Gasteiger partial charge in [-0.15, -0.1) is 6.58 Å². The maximum absolute atomic E-state index is 12.1. The third-order valence-corrected chi connectivity index (χ3v) is 3.92. The summed E-state index contributed by atoms with van der Waals surface area (Å²) in [6.45, 7) is 8.03. The van der Waals surface area contributed by atoms with Crippen molar-refractivity contribution in [2.45, 2.75) is 18.7 Å². The number of amides is 1. The van der Waals surface area contributed by atoms with Crippen LogP contribution in [0.2, 0.25) is 0 Å². The van der Waals surface area contributed by atoms with E-state index < -0.39 is 10.0 Å². The van der Waals surface area contributed by atoms with Crippen molar-refractivity contribution in [3.05, 3.63) is 42.5 Å². The highest BCUT2D eigenvalue weighted by Crippen LogP contribution is 2.11. The fourth-order valence-electron chi connectivity index (χ4n) is 1.43. The molecule has 0 atom stereocenters. The van der Waals surface area contributed by atoms with Crippen molar-refractivity contribution in [2.24, 2.45) is 5.92 Å². The van der Waals surface area contributed by atoms with E-state index in [0.29, 0.717) is 18.7 Å². The summed E-state index contributed by atoms with van der Waals surface area (Å²) in [6, 6.07) is 5.95. The Labute approximate surface area is 120 Å². The van der Waals surface area contributed by atoms with E-state index in [2.05, 4.69) is 16.6 Å². The van der Waals surface area contributed by atoms with Gasteiger partial charge >= 0.3 is 0 Å². The Balaban J connectivity index is 2.92. The van der Waals surface area contributed by atoms with Crippen molar-refractivity contribution in [3.63, 3.8) is 0 Å². The molecule has 0 spiro atoms. The van der Waals surface area contributed by atoms with Crippen LogP contribution >= 0.6 is 0 Å². The van der Waals surface area contributed by atoms with Gasteiger partial charge in [-0.05, 0) is 24.1 Å². The fourth-order valence-corrected chi connectivity index (χ4v) is 2.69. The summed E-state index contributed by atoms with van der Waals surface area (Å²) in [5, 5.41) is 2.61. The second-order valence-corrected chi connectivity index (χ2v) is 6.54. The molecule has 0 bridgehead atoms. The van der Waals surface area contributed by atoms with E-state index in [4.69, 9.17) is 0 Å². The number of benzene rings is 1. The maximum Gasteiger partial charge on any atom is 0.251 e. The van der Waals surface area contributed by atoms with Crippen LogP contribution in [-0.4, -0.2) is 27.4 Å². The highest BCUT2D eigenvalue weighted by atomic mass is 32.2. The molecule has 0 heterocycles. The van der Waals surface area contributed by atoms with Crippen LogP contribution in [0.1, 0.15) is 24.2 Å². The van der Waals surface area contributed by atoms with Crippen LogP contribution in [0.3, 0.4) is 0 Å². The minimum atomic E-state index is -3.58. The third kappa shape index (κ3) is 4.79. The summed E-state index contributed by atoms with van der Waals surface area (Å²) in [4.78, 5) is 11.9. The van der Waals surface area contributed by atoms with Crippen LogP contribution in [0.15, 0.2) is 41.8 Å². The average molecular weight is 296 g/mol. The smallest absolute Gasteiger partial charge is 0.251 e. The Bertz CT molecular complexity index is 580. The van der Waals surface area contributed by atoms with Crippen LogP contribution < -0.4 is 10.0 Å². The first-order valence-electron chi connectivity index (χ1n) is 6.35. The number of hydrogen-bond donors (Lipinski definition) is 2. The highest BCUT2D eigenvalue weighted by molar-refractivity contribution is 7.89. The minimum Gasteiger partial charge on any atom is -0.349 e. The minimum absolute atomic E-state index is 0.0874. The molecule has 0 fully saturated rings.